The van der Waals surface area contributed by atoms with Crippen molar-refractivity contribution in [2.45, 2.75) is 12.7 Å². The lowest BCUT2D eigenvalue weighted by Gasteiger charge is -2.10. The number of alkyl halides is 3. The zero-order valence-corrected chi connectivity index (χ0v) is 12.2. The summed E-state index contributed by atoms with van der Waals surface area (Å²) >= 11 is 0. The predicted molar refractivity (Wildman–Crippen MR) is 80.6 cm³/mol. The third-order valence-electron chi connectivity index (χ3n) is 3.02. The maximum atomic E-state index is 12.7. The van der Waals surface area contributed by atoms with E-state index in [0.717, 1.165) is 12.1 Å². The fraction of sp³-hybridized carbons (Fsp3) is 0.133. The molecular weight excluding hydrogens is 323 g/mol. The van der Waals surface area contributed by atoms with Gasteiger partial charge in [0, 0.05) is 5.69 Å². The minimum Gasteiger partial charge on any atom is -0.467 e. The Morgan fingerprint density at radius 2 is 2.00 bits per heavy atom. The van der Waals surface area contributed by atoms with Crippen molar-refractivity contribution in [3.63, 3.8) is 0 Å². The van der Waals surface area contributed by atoms with Crippen LogP contribution in [0, 0.1) is 0 Å². The molecular formula is C15H12F3N5O. The van der Waals surface area contributed by atoms with Crippen LogP contribution in [0.15, 0.2) is 53.3 Å². The Bertz CT molecular complexity index is 805. The quantitative estimate of drug-likeness (QED) is 0.738. The number of anilines is 3. The van der Waals surface area contributed by atoms with Gasteiger partial charge in [-0.25, -0.2) is 0 Å². The molecule has 0 aliphatic heterocycles. The van der Waals surface area contributed by atoms with Crippen LogP contribution < -0.4 is 10.6 Å². The molecule has 2 N–H and O–H groups in total. The second-order valence-corrected chi connectivity index (χ2v) is 4.80. The molecule has 1 aromatic carbocycles. The summed E-state index contributed by atoms with van der Waals surface area (Å²) in [6, 6.07) is 8.36. The van der Waals surface area contributed by atoms with E-state index in [1.54, 1.807) is 18.4 Å². The molecule has 9 heteroatoms. The molecule has 0 spiro atoms. The molecule has 2 aromatic heterocycles. The number of aromatic nitrogens is 3. The number of hydrogen-bond acceptors (Lipinski definition) is 6. The molecule has 2 heterocycles. The molecule has 0 saturated carbocycles. The number of rotatable bonds is 5. The lowest BCUT2D eigenvalue weighted by molar-refractivity contribution is -0.137. The predicted octanol–water partition coefficient (Wildman–Crippen LogP) is 3.84. The summed E-state index contributed by atoms with van der Waals surface area (Å²) in [5, 5.41) is 13.2. The smallest absolute Gasteiger partial charge is 0.416 e. The Balaban J connectivity index is 1.70. The van der Waals surface area contributed by atoms with Crippen LogP contribution in [0.25, 0.3) is 0 Å². The van der Waals surface area contributed by atoms with Gasteiger partial charge in [-0.05, 0) is 30.3 Å². The second-order valence-electron chi connectivity index (χ2n) is 4.80. The van der Waals surface area contributed by atoms with Gasteiger partial charge >= 0.3 is 6.18 Å². The van der Waals surface area contributed by atoms with Crippen molar-refractivity contribution >= 4 is 17.5 Å². The van der Waals surface area contributed by atoms with Crippen LogP contribution in [-0.4, -0.2) is 15.2 Å². The van der Waals surface area contributed by atoms with Crippen LogP contribution >= 0.6 is 0 Å². The summed E-state index contributed by atoms with van der Waals surface area (Å²) < 4.78 is 43.3. The zero-order chi connectivity index (χ0) is 17.0. The highest BCUT2D eigenvalue weighted by molar-refractivity contribution is 5.57. The molecule has 0 unspecified atom stereocenters. The van der Waals surface area contributed by atoms with Crippen molar-refractivity contribution in [3.8, 4) is 0 Å². The number of nitrogens with one attached hydrogen (secondary N) is 2. The Labute approximate surface area is 134 Å². The van der Waals surface area contributed by atoms with Crippen molar-refractivity contribution in [3.05, 3.63) is 60.2 Å². The first kappa shape index (κ1) is 15.8. The Morgan fingerprint density at radius 1 is 1.12 bits per heavy atom. The van der Waals surface area contributed by atoms with E-state index in [-0.39, 0.29) is 17.5 Å². The van der Waals surface area contributed by atoms with Crippen molar-refractivity contribution in [2.75, 3.05) is 10.6 Å². The molecule has 0 amide bonds. The molecule has 0 fully saturated rings. The lowest BCUT2D eigenvalue weighted by Crippen LogP contribution is -2.07. The van der Waals surface area contributed by atoms with Gasteiger partial charge in [-0.1, -0.05) is 6.07 Å². The highest BCUT2D eigenvalue weighted by Gasteiger charge is 2.30. The summed E-state index contributed by atoms with van der Waals surface area (Å²) in [5.74, 6) is 1.18. The molecule has 0 aliphatic carbocycles. The highest BCUT2D eigenvalue weighted by Crippen LogP contribution is 2.31. The maximum absolute atomic E-state index is 12.7. The number of benzene rings is 1. The van der Waals surface area contributed by atoms with E-state index >= 15 is 0 Å². The van der Waals surface area contributed by atoms with Gasteiger partial charge in [-0.2, -0.15) is 23.3 Å². The molecule has 124 valence electrons. The van der Waals surface area contributed by atoms with Gasteiger partial charge < -0.3 is 15.1 Å². The average Bonchev–Trinajstić information content (AvgIpc) is 3.06. The van der Waals surface area contributed by atoms with Gasteiger partial charge in [-0.3, -0.25) is 0 Å². The monoisotopic (exact) mass is 335 g/mol. The number of halogens is 3. The zero-order valence-electron chi connectivity index (χ0n) is 12.2. The van der Waals surface area contributed by atoms with E-state index in [2.05, 4.69) is 25.8 Å². The fourth-order valence-corrected chi connectivity index (χ4v) is 1.94. The normalized spacial score (nSPS) is 11.3. The SMILES string of the molecule is FC(F)(F)c1cccc(Nc2cnnc(NCc3ccco3)n2)c1. The van der Waals surface area contributed by atoms with Gasteiger partial charge in [0.15, 0.2) is 5.82 Å². The third kappa shape index (κ3) is 4.00. The first-order valence-electron chi connectivity index (χ1n) is 6.91. The first-order valence-corrected chi connectivity index (χ1v) is 6.91. The Hall–Kier alpha value is -3.10. The van der Waals surface area contributed by atoms with E-state index in [0.29, 0.717) is 12.3 Å². The van der Waals surface area contributed by atoms with Crippen molar-refractivity contribution in [1.82, 2.24) is 15.2 Å². The van der Waals surface area contributed by atoms with Crippen LogP contribution in [0.1, 0.15) is 11.3 Å². The molecule has 0 atom stereocenters. The van der Waals surface area contributed by atoms with Gasteiger partial charge in [0.05, 0.1) is 24.6 Å². The van der Waals surface area contributed by atoms with E-state index in [9.17, 15) is 13.2 Å². The van der Waals surface area contributed by atoms with Gasteiger partial charge in [0.25, 0.3) is 0 Å². The van der Waals surface area contributed by atoms with Crippen LogP contribution in [0.3, 0.4) is 0 Å². The van der Waals surface area contributed by atoms with Crippen molar-refractivity contribution in [2.24, 2.45) is 0 Å². The molecule has 6 nitrogen and oxygen atoms in total. The third-order valence-corrected chi connectivity index (χ3v) is 3.02. The summed E-state index contributed by atoms with van der Waals surface area (Å²) in [4.78, 5) is 4.14. The second kappa shape index (κ2) is 6.57. The minimum absolute atomic E-state index is 0.225. The van der Waals surface area contributed by atoms with Crippen LogP contribution in [0.4, 0.5) is 30.6 Å². The summed E-state index contributed by atoms with van der Waals surface area (Å²) in [6.07, 6.45) is -1.54. The van der Waals surface area contributed by atoms with Crippen LogP contribution in [0.5, 0.6) is 0 Å². The number of hydrogen-bond donors (Lipinski definition) is 2. The molecule has 0 aliphatic rings. The van der Waals surface area contributed by atoms with E-state index in [1.165, 1.54) is 18.3 Å². The Morgan fingerprint density at radius 3 is 2.75 bits per heavy atom. The summed E-state index contributed by atoms with van der Waals surface area (Å²) in [5.41, 5.74) is -0.493. The Kier molecular flexibility index (Phi) is 4.32. The van der Waals surface area contributed by atoms with Gasteiger partial charge in [0.2, 0.25) is 5.95 Å². The topological polar surface area (TPSA) is 75.9 Å². The summed E-state index contributed by atoms with van der Waals surface area (Å²) in [6.45, 7) is 0.363. The molecule has 3 aromatic rings. The maximum Gasteiger partial charge on any atom is 0.416 e. The average molecular weight is 335 g/mol. The molecule has 0 bridgehead atoms. The number of furan rings is 1. The number of nitrogens with zero attached hydrogens (tertiary/aromatic N) is 3. The van der Waals surface area contributed by atoms with E-state index in [1.807, 2.05) is 0 Å². The molecule has 3 rings (SSSR count). The first-order chi connectivity index (χ1) is 11.5. The van der Waals surface area contributed by atoms with E-state index in [4.69, 9.17) is 4.42 Å². The molecule has 0 radical (unpaired) electrons. The minimum atomic E-state index is -4.41. The standard InChI is InChI=1S/C15H12F3N5O/c16-15(17,18)10-3-1-4-11(7-10)21-13-9-20-23-14(22-13)19-8-12-5-2-6-24-12/h1-7,9H,8H2,(H2,19,21,22,23). The molecule has 0 saturated heterocycles. The molecule has 24 heavy (non-hydrogen) atoms. The largest absolute Gasteiger partial charge is 0.467 e. The van der Waals surface area contributed by atoms with Crippen molar-refractivity contribution < 1.29 is 17.6 Å². The van der Waals surface area contributed by atoms with E-state index < -0.39 is 11.7 Å². The summed E-state index contributed by atoms with van der Waals surface area (Å²) in [7, 11) is 0. The van der Waals surface area contributed by atoms with Crippen molar-refractivity contribution in [1.29, 1.82) is 0 Å². The lowest BCUT2D eigenvalue weighted by atomic mass is 10.2. The highest BCUT2D eigenvalue weighted by atomic mass is 19.4. The van der Waals surface area contributed by atoms with Gasteiger partial charge in [0.1, 0.15) is 5.76 Å². The van der Waals surface area contributed by atoms with Crippen LogP contribution in [0.2, 0.25) is 0 Å². The van der Waals surface area contributed by atoms with Gasteiger partial charge in [-0.15, -0.1) is 5.10 Å². The van der Waals surface area contributed by atoms with Crippen LogP contribution in [-0.2, 0) is 12.7 Å². The fourth-order valence-electron chi connectivity index (χ4n) is 1.94.